The number of ether oxygens (including phenoxy) is 1. The second-order valence-corrected chi connectivity index (χ2v) is 8.44. The molecule has 2 heterocycles. The first-order chi connectivity index (χ1) is 15.4. The summed E-state index contributed by atoms with van der Waals surface area (Å²) in [6, 6.07) is 14.9. The number of hydrogen-bond acceptors (Lipinski definition) is 6. The molecule has 0 radical (unpaired) electrons. The number of fused-ring (bicyclic) bond motifs is 1. The number of thioether (sulfide) groups is 1. The van der Waals surface area contributed by atoms with Gasteiger partial charge in [0, 0.05) is 18.1 Å². The minimum atomic E-state index is -0.569. The summed E-state index contributed by atoms with van der Waals surface area (Å²) in [5.41, 5.74) is 8.33. The Balaban J connectivity index is 1.58. The van der Waals surface area contributed by atoms with Crippen molar-refractivity contribution in [1.82, 2.24) is 9.97 Å². The number of nitrogens with one attached hydrogen (secondary N) is 2. The Morgan fingerprint density at radius 1 is 1.19 bits per heavy atom. The molecular weight excluding hydrogens is 428 g/mol. The van der Waals surface area contributed by atoms with Crippen LogP contribution in [-0.2, 0) is 15.3 Å². The van der Waals surface area contributed by atoms with Gasteiger partial charge in [0.2, 0.25) is 5.91 Å². The van der Waals surface area contributed by atoms with Crippen LogP contribution in [0.3, 0.4) is 0 Å². The molecule has 2 amide bonds. The maximum absolute atomic E-state index is 13.0. The average molecular weight is 451 g/mol. The fraction of sp³-hybridized carbons (Fsp3) is 0.217. The molecule has 9 heteroatoms. The molecule has 0 saturated carbocycles. The smallest absolute Gasteiger partial charge is 0.257 e. The van der Waals surface area contributed by atoms with Crippen molar-refractivity contribution < 1.29 is 14.3 Å². The van der Waals surface area contributed by atoms with E-state index in [0.717, 1.165) is 16.7 Å². The third-order valence-electron chi connectivity index (χ3n) is 5.22. The molecule has 0 bridgehead atoms. The first-order valence-electron chi connectivity index (χ1n) is 10.0. The lowest BCUT2D eigenvalue weighted by Crippen LogP contribution is -2.31. The van der Waals surface area contributed by atoms with Crippen molar-refractivity contribution in [3.8, 4) is 5.75 Å². The molecule has 1 aliphatic rings. The highest BCUT2D eigenvalue weighted by Crippen LogP contribution is 2.35. The maximum atomic E-state index is 13.0. The van der Waals surface area contributed by atoms with Crippen LogP contribution in [0.25, 0.3) is 0 Å². The summed E-state index contributed by atoms with van der Waals surface area (Å²) >= 11 is 1.41. The molecule has 0 saturated heterocycles. The second-order valence-electron chi connectivity index (χ2n) is 7.48. The van der Waals surface area contributed by atoms with Gasteiger partial charge in [-0.15, -0.1) is 0 Å². The van der Waals surface area contributed by atoms with E-state index in [2.05, 4.69) is 15.3 Å². The normalized spacial score (nSPS) is 15.0. The van der Waals surface area contributed by atoms with E-state index in [4.69, 9.17) is 10.5 Å². The van der Waals surface area contributed by atoms with Crippen molar-refractivity contribution >= 4 is 29.4 Å². The van der Waals surface area contributed by atoms with E-state index in [1.807, 2.05) is 31.2 Å². The number of aromatic amines is 1. The van der Waals surface area contributed by atoms with Crippen LogP contribution in [-0.4, -0.2) is 28.4 Å². The molecular formula is C23H22N4O4S. The molecule has 0 aliphatic carbocycles. The summed E-state index contributed by atoms with van der Waals surface area (Å²) in [4.78, 5) is 43.6. The number of aromatic nitrogens is 2. The number of primary amides is 1. The van der Waals surface area contributed by atoms with Crippen LogP contribution in [0.1, 0.15) is 34.6 Å². The first kappa shape index (κ1) is 21.6. The number of aryl methyl sites for hydroxylation is 1. The van der Waals surface area contributed by atoms with Gasteiger partial charge in [-0.05, 0) is 35.7 Å². The Bertz CT molecular complexity index is 1220. The lowest BCUT2D eigenvalue weighted by molar-refractivity contribution is -0.120. The molecule has 164 valence electrons. The third kappa shape index (κ3) is 4.83. The van der Waals surface area contributed by atoms with Crippen LogP contribution in [0, 0.1) is 6.92 Å². The van der Waals surface area contributed by atoms with Gasteiger partial charge in [-0.2, -0.15) is 0 Å². The topological polar surface area (TPSA) is 127 Å². The van der Waals surface area contributed by atoms with E-state index in [9.17, 15) is 14.4 Å². The number of benzene rings is 2. The number of hydrogen-bond donors (Lipinski definition) is 3. The number of carbonyl (C=O) groups is 2. The molecule has 3 aromatic rings. The molecule has 1 aromatic heterocycles. The highest BCUT2D eigenvalue weighted by Gasteiger charge is 2.31. The van der Waals surface area contributed by atoms with Crippen molar-refractivity contribution in [2.75, 3.05) is 11.9 Å². The van der Waals surface area contributed by atoms with Crippen LogP contribution in [0.4, 0.5) is 5.82 Å². The van der Waals surface area contributed by atoms with Gasteiger partial charge in [-0.1, -0.05) is 48.2 Å². The van der Waals surface area contributed by atoms with Crippen molar-refractivity contribution in [1.29, 1.82) is 0 Å². The quantitative estimate of drug-likeness (QED) is 0.375. The maximum Gasteiger partial charge on any atom is 0.257 e. The SMILES string of the molecule is Cc1ccccc1CSc1nc2c(c(=O)[nH]1)C(c1ccc(OCC(N)=O)cc1)CC(=O)N2. The average Bonchev–Trinajstić information content (AvgIpc) is 2.76. The third-order valence-corrected chi connectivity index (χ3v) is 6.14. The van der Waals surface area contributed by atoms with Crippen molar-refractivity contribution in [3.05, 3.63) is 81.1 Å². The fourth-order valence-corrected chi connectivity index (χ4v) is 4.51. The highest BCUT2D eigenvalue weighted by molar-refractivity contribution is 7.98. The van der Waals surface area contributed by atoms with Gasteiger partial charge in [0.1, 0.15) is 11.6 Å². The van der Waals surface area contributed by atoms with E-state index in [0.29, 0.717) is 22.2 Å². The van der Waals surface area contributed by atoms with Crippen LogP contribution in [0.15, 0.2) is 58.5 Å². The molecule has 4 N–H and O–H groups in total. The van der Waals surface area contributed by atoms with E-state index < -0.39 is 11.8 Å². The van der Waals surface area contributed by atoms with Gasteiger partial charge in [-0.3, -0.25) is 14.4 Å². The standard InChI is InChI=1S/C23H22N4O4S/c1-13-4-2-3-5-15(13)12-32-23-26-21-20(22(30)27-23)17(10-19(29)25-21)14-6-8-16(9-7-14)31-11-18(24)28/h2-9,17H,10-12H2,1H3,(H2,24,28)(H2,25,26,27,29,30). The number of nitrogens with two attached hydrogens (primary N) is 1. The monoisotopic (exact) mass is 450 g/mol. The highest BCUT2D eigenvalue weighted by atomic mass is 32.2. The van der Waals surface area contributed by atoms with Gasteiger partial charge < -0.3 is 20.8 Å². The molecule has 2 aromatic carbocycles. The molecule has 32 heavy (non-hydrogen) atoms. The summed E-state index contributed by atoms with van der Waals surface area (Å²) < 4.78 is 5.27. The zero-order valence-corrected chi connectivity index (χ0v) is 18.2. The molecule has 0 spiro atoms. The number of carbonyl (C=O) groups excluding carboxylic acids is 2. The zero-order valence-electron chi connectivity index (χ0n) is 17.4. The van der Waals surface area contributed by atoms with Crippen molar-refractivity contribution in [3.63, 3.8) is 0 Å². The molecule has 1 aliphatic heterocycles. The van der Waals surface area contributed by atoms with Crippen LogP contribution in [0.2, 0.25) is 0 Å². The van der Waals surface area contributed by atoms with E-state index in [1.54, 1.807) is 24.3 Å². The molecule has 1 unspecified atom stereocenters. The minimum Gasteiger partial charge on any atom is -0.484 e. The van der Waals surface area contributed by atoms with Crippen molar-refractivity contribution in [2.45, 2.75) is 30.2 Å². The largest absolute Gasteiger partial charge is 0.484 e. The summed E-state index contributed by atoms with van der Waals surface area (Å²) in [6.07, 6.45) is 0.134. The number of nitrogens with zero attached hydrogens (tertiary/aromatic N) is 1. The Labute approximate surface area is 188 Å². The van der Waals surface area contributed by atoms with Crippen LogP contribution < -0.4 is 21.3 Å². The van der Waals surface area contributed by atoms with E-state index in [-0.39, 0.29) is 30.3 Å². The van der Waals surface area contributed by atoms with Gasteiger partial charge >= 0.3 is 0 Å². The minimum absolute atomic E-state index is 0.134. The Kier molecular flexibility index (Phi) is 6.27. The lowest BCUT2D eigenvalue weighted by Gasteiger charge is -2.24. The Hall–Kier alpha value is -3.59. The Morgan fingerprint density at radius 2 is 1.94 bits per heavy atom. The van der Waals surface area contributed by atoms with Gasteiger partial charge in [0.15, 0.2) is 11.8 Å². The summed E-state index contributed by atoms with van der Waals surface area (Å²) in [5, 5.41) is 3.19. The fourth-order valence-electron chi connectivity index (χ4n) is 3.57. The number of anilines is 1. The van der Waals surface area contributed by atoms with Crippen molar-refractivity contribution in [2.24, 2.45) is 5.73 Å². The number of amides is 2. The zero-order chi connectivity index (χ0) is 22.7. The summed E-state index contributed by atoms with van der Waals surface area (Å²) in [5.74, 6) is 0.207. The molecule has 0 fully saturated rings. The second kappa shape index (κ2) is 9.27. The van der Waals surface area contributed by atoms with Crippen LogP contribution in [0.5, 0.6) is 5.75 Å². The van der Waals surface area contributed by atoms with E-state index >= 15 is 0 Å². The van der Waals surface area contributed by atoms with Crippen LogP contribution >= 0.6 is 11.8 Å². The lowest BCUT2D eigenvalue weighted by atomic mass is 9.87. The number of H-pyrrole nitrogens is 1. The van der Waals surface area contributed by atoms with Gasteiger partial charge in [0.05, 0.1) is 5.56 Å². The molecule has 8 nitrogen and oxygen atoms in total. The molecule has 4 rings (SSSR count). The molecule has 1 atom stereocenters. The van der Waals surface area contributed by atoms with Gasteiger partial charge in [-0.25, -0.2) is 4.98 Å². The number of rotatable bonds is 7. The van der Waals surface area contributed by atoms with Gasteiger partial charge in [0.25, 0.3) is 11.5 Å². The predicted octanol–water partition coefficient (Wildman–Crippen LogP) is 2.71. The summed E-state index contributed by atoms with van der Waals surface area (Å²) in [7, 11) is 0. The predicted molar refractivity (Wildman–Crippen MR) is 122 cm³/mol. The summed E-state index contributed by atoms with van der Waals surface area (Å²) in [6.45, 7) is 1.81. The van der Waals surface area contributed by atoms with E-state index in [1.165, 1.54) is 11.8 Å². The first-order valence-corrected chi connectivity index (χ1v) is 11.0. The Morgan fingerprint density at radius 3 is 2.66 bits per heavy atom.